The average Bonchev–Trinajstić information content (AvgIpc) is 3.29. The van der Waals surface area contributed by atoms with Crippen LogP contribution in [0.4, 0.5) is 0 Å². The molecular formula is C19H28Cl2N6O. The zero-order valence-corrected chi connectivity index (χ0v) is 17.6. The fraction of sp³-hybridized carbons (Fsp3) is 0.526. The smallest absolute Gasteiger partial charge is 0.237 e. The van der Waals surface area contributed by atoms with Gasteiger partial charge in [0.15, 0.2) is 0 Å². The van der Waals surface area contributed by atoms with Gasteiger partial charge in [0.2, 0.25) is 5.91 Å². The monoisotopic (exact) mass is 426 g/mol. The highest BCUT2D eigenvalue weighted by Crippen LogP contribution is 2.41. The van der Waals surface area contributed by atoms with Crippen LogP contribution in [0.1, 0.15) is 24.8 Å². The summed E-state index contributed by atoms with van der Waals surface area (Å²) in [7, 11) is 2.07. The molecule has 7 nitrogen and oxygen atoms in total. The van der Waals surface area contributed by atoms with Crippen molar-refractivity contribution >= 4 is 30.7 Å². The Bertz CT molecular complexity index is 764. The van der Waals surface area contributed by atoms with Crippen molar-refractivity contribution in [1.29, 1.82) is 0 Å². The standard InChI is InChI=1S/C19H26N6O.2ClH/c1-24-12-19(6-8-20-9-7-19)10-17(24)18(26)22-11-15-4-2-3-5-16(15)25-14-21-13-23-25;;/h2-5,13-14,17,20H,6-12H2,1H3,(H,22,26);2*1H. The number of likely N-dealkylation sites (N-methyl/N-ethyl adjacent to an activating group) is 1. The fourth-order valence-corrected chi connectivity index (χ4v) is 4.40. The summed E-state index contributed by atoms with van der Waals surface area (Å²) in [6.07, 6.45) is 6.47. The third-order valence-electron chi connectivity index (χ3n) is 5.82. The normalized spacial score (nSPS) is 21.0. The lowest BCUT2D eigenvalue weighted by Crippen LogP contribution is -2.41. The first-order valence-electron chi connectivity index (χ1n) is 9.28. The number of amides is 1. The molecule has 1 aromatic heterocycles. The number of benzene rings is 1. The zero-order chi connectivity index (χ0) is 18.0. The third kappa shape index (κ3) is 4.66. The summed E-state index contributed by atoms with van der Waals surface area (Å²) in [5.74, 6) is 0.122. The summed E-state index contributed by atoms with van der Waals surface area (Å²) in [6, 6.07) is 7.92. The number of nitrogens with one attached hydrogen (secondary N) is 2. The van der Waals surface area contributed by atoms with Crippen LogP contribution in [-0.4, -0.2) is 58.3 Å². The Kier molecular flexibility index (Phi) is 7.83. The van der Waals surface area contributed by atoms with Gasteiger partial charge in [0, 0.05) is 13.1 Å². The number of carbonyl (C=O) groups is 1. The molecule has 2 fully saturated rings. The summed E-state index contributed by atoms with van der Waals surface area (Å²) in [6.45, 7) is 3.64. The number of rotatable bonds is 4. The molecule has 2 saturated heterocycles. The molecule has 2 N–H and O–H groups in total. The maximum Gasteiger partial charge on any atom is 0.237 e. The number of likely N-dealkylation sites (tertiary alicyclic amines) is 1. The van der Waals surface area contributed by atoms with Gasteiger partial charge in [-0.15, -0.1) is 24.8 Å². The van der Waals surface area contributed by atoms with Gasteiger partial charge < -0.3 is 10.6 Å². The van der Waals surface area contributed by atoms with Crippen molar-refractivity contribution in [3.63, 3.8) is 0 Å². The van der Waals surface area contributed by atoms with E-state index in [2.05, 4.69) is 32.7 Å². The minimum absolute atomic E-state index is 0. The van der Waals surface area contributed by atoms with Crippen LogP contribution >= 0.6 is 24.8 Å². The zero-order valence-electron chi connectivity index (χ0n) is 16.0. The molecule has 28 heavy (non-hydrogen) atoms. The van der Waals surface area contributed by atoms with E-state index in [1.807, 2.05) is 24.3 Å². The summed E-state index contributed by atoms with van der Waals surface area (Å²) in [5.41, 5.74) is 2.28. The molecule has 154 valence electrons. The molecule has 0 radical (unpaired) electrons. The molecule has 1 atom stereocenters. The number of halogens is 2. The van der Waals surface area contributed by atoms with E-state index in [9.17, 15) is 4.79 Å². The molecular weight excluding hydrogens is 399 g/mol. The number of aromatic nitrogens is 3. The topological polar surface area (TPSA) is 75.1 Å². The van der Waals surface area contributed by atoms with Crippen LogP contribution in [0.3, 0.4) is 0 Å². The SMILES string of the molecule is CN1CC2(CCNCC2)CC1C(=O)NCc1ccccc1-n1cncn1.Cl.Cl. The summed E-state index contributed by atoms with van der Waals surface area (Å²) in [5, 5.41) is 10.8. The van der Waals surface area contributed by atoms with Crippen molar-refractivity contribution in [1.82, 2.24) is 30.3 Å². The maximum absolute atomic E-state index is 12.8. The van der Waals surface area contributed by atoms with Gasteiger partial charge >= 0.3 is 0 Å². The molecule has 0 aliphatic carbocycles. The van der Waals surface area contributed by atoms with Gasteiger partial charge in [-0.25, -0.2) is 9.67 Å². The molecule has 1 aromatic carbocycles. The fourth-order valence-electron chi connectivity index (χ4n) is 4.40. The Labute approximate surface area is 178 Å². The number of para-hydroxylation sites is 1. The van der Waals surface area contributed by atoms with Crippen molar-refractivity contribution in [2.45, 2.75) is 31.8 Å². The van der Waals surface area contributed by atoms with Gasteiger partial charge in [0.05, 0.1) is 11.7 Å². The molecule has 2 aliphatic heterocycles. The van der Waals surface area contributed by atoms with Gasteiger partial charge in [-0.2, -0.15) is 5.10 Å². The maximum atomic E-state index is 12.8. The van der Waals surface area contributed by atoms with Crippen molar-refractivity contribution in [3.05, 3.63) is 42.5 Å². The van der Waals surface area contributed by atoms with E-state index in [4.69, 9.17) is 0 Å². The molecule has 1 unspecified atom stereocenters. The Morgan fingerprint density at radius 2 is 2.04 bits per heavy atom. The Morgan fingerprint density at radius 3 is 2.75 bits per heavy atom. The second-order valence-corrected chi connectivity index (χ2v) is 7.57. The lowest BCUT2D eigenvalue weighted by atomic mass is 9.77. The average molecular weight is 427 g/mol. The molecule has 1 amide bonds. The third-order valence-corrected chi connectivity index (χ3v) is 5.82. The molecule has 4 rings (SSSR count). The molecule has 0 bridgehead atoms. The first-order valence-corrected chi connectivity index (χ1v) is 9.28. The first kappa shape index (κ1) is 22.6. The number of carbonyl (C=O) groups excluding carboxylic acids is 1. The highest BCUT2D eigenvalue weighted by molar-refractivity contribution is 5.85. The van der Waals surface area contributed by atoms with Crippen LogP contribution in [0.25, 0.3) is 5.69 Å². The van der Waals surface area contributed by atoms with Crippen molar-refractivity contribution < 1.29 is 4.79 Å². The molecule has 9 heteroatoms. The number of hydrogen-bond acceptors (Lipinski definition) is 5. The van der Waals surface area contributed by atoms with Gasteiger partial charge in [-0.3, -0.25) is 9.69 Å². The molecule has 3 heterocycles. The van der Waals surface area contributed by atoms with E-state index < -0.39 is 0 Å². The second-order valence-electron chi connectivity index (χ2n) is 7.57. The van der Waals surface area contributed by atoms with Crippen molar-refractivity contribution in [3.8, 4) is 5.69 Å². The number of piperidine rings is 1. The molecule has 2 aliphatic rings. The minimum atomic E-state index is -0.0355. The van der Waals surface area contributed by atoms with E-state index in [1.54, 1.807) is 11.0 Å². The molecule has 2 aromatic rings. The number of hydrogen-bond donors (Lipinski definition) is 2. The van der Waals surface area contributed by atoms with E-state index in [0.29, 0.717) is 12.0 Å². The van der Waals surface area contributed by atoms with Crippen LogP contribution < -0.4 is 10.6 Å². The van der Waals surface area contributed by atoms with Crippen LogP contribution in [0, 0.1) is 5.41 Å². The summed E-state index contributed by atoms with van der Waals surface area (Å²) < 4.78 is 1.73. The predicted octanol–water partition coefficient (Wildman–Crippen LogP) is 1.80. The lowest BCUT2D eigenvalue weighted by Gasteiger charge is -2.33. The van der Waals surface area contributed by atoms with Crippen molar-refractivity contribution in [2.24, 2.45) is 5.41 Å². The van der Waals surface area contributed by atoms with Gasteiger partial charge in [0.25, 0.3) is 0 Å². The molecule has 1 spiro atoms. The van der Waals surface area contributed by atoms with Gasteiger partial charge in [-0.05, 0) is 56.4 Å². The van der Waals surface area contributed by atoms with Gasteiger partial charge in [0.1, 0.15) is 12.7 Å². The first-order chi connectivity index (χ1) is 12.7. The Morgan fingerprint density at radius 1 is 1.29 bits per heavy atom. The van der Waals surface area contributed by atoms with Crippen LogP contribution in [0.2, 0.25) is 0 Å². The largest absolute Gasteiger partial charge is 0.351 e. The van der Waals surface area contributed by atoms with Crippen LogP contribution in [0.15, 0.2) is 36.9 Å². The summed E-state index contributed by atoms with van der Waals surface area (Å²) in [4.78, 5) is 19.1. The highest BCUT2D eigenvalue weighted by atomic mass is 35.5. The predicted molar refractivity (Wildman–Crippen MR) is 113 cm³/mol. The Balaban J connectivity index is 0.00000140. The highest BCUT2D eigenvalue weighted by Gasteiger charge is 2.45. The lowest BCUT2D eigenvalue weighted by molar-refractivity contribution is -0.125. The van der Waals surface area contributed by atoms with E-state index in [0.717, 1.165) is 50.1 Å². The van der Waals surface area contributed by atoms with Crippen LogP contribution in [-0.2, 0) is 11.3 Å². The number of nitrogens with zero attached hydrogens (tertiary/aromatic N) is 4. The van der Waals surface area contributed by atoms with E-state index in [1.165, 1.54) is 6.33 Å². The van der Waals surface area contributed by atoms with E-state index >= 15 is 0 Å². The van der Waals surface area contributed by atoms with Crippen LogP contribution in [0.5, 0.6) is 0 Å². The van der Waals surface area contributed by atoms with Gasteiger partial charge in [-0.1, -0.05) is 18.2 Å². The summed E-state index contributed by atoms with van der Waals surface area (Å²) >= 11 is 0. The second kappa shape index (κ2) is 9.69. The minimum Gasteiger partial charge on any atom is -0.351 e. The molecule has 0 saturated carbocycles. The van der Waals surface area contributed by atoms with Crippen molar-refractivity contribution in [2.75, 3.05) is 26.7 Å². The quantitative estimate of drug-likeness (QED) is 0.779. The Hall–Kier alpha value is -1.67. The van der Waals surface area contributed by atoms with E-state index in [-0.39, 0.29) is 36.8 Å².